The van der Waals surface area contributed by atoms with Crippen molar-refractivity contribution in [3.63, 3.8) is 0 Å². The van der Waals surface area contributed by atoms with Crippen LogP contribution in [0.5, 0.6) is 0 Å². The molecule has 0 spiro atoms. The Labute approximate surface area is 111 Å². The number of hydrazine groups is 1. The third kappa shape index (κ3) is 2.82. The number of carbonyl (C=O) groups is 1. The lowest BCUT2D eigenvalue weighted by Crippen LogP contribution is -2.50. The van der Waals surface area contributed by atoms with Gasteiger partial charge in [-0.15, -0.1) is 11.8 Å². The van der Waals surface area contributed by atoms with Crippen molar-refractivity contribution in [2.75, 3.05) is 19.3 Å². The molecule has 1 aromatic rings. The van der Waals surface area contributed by atoms with E-state index in [4.69, 9.17) is 0 Å². The molecule has 2 atom stereocenters. The molecule has 6 heteroatoms. The van der Waals surface area contributed by atoms with E-state index < -0.39 is 0 Å². The maximum atomic E-state index is 12.2. The number of aromatic nitrogens is 1. The van der Waals surface area contributed by atoms with Crippen molar-refractivity contribution in [1.82, 2.24) is 20.7 Å². The van der Waals surface area contributed by atoms with Crippen molar-refractivity contribution in [3.05, 3.63) is 30.1 Å². The average Bonchev–Trinajstić information content (AvgIpc) is 2.90. The van der Waals surface area contributed by atoms with Crippen LogP contribution in [0.3, 0.4) is 0 Å². The van der Waals surface area contributed by atoms with E-state index >= 15 is 0 Å². The normalized spacial score (nSPS) is 23.0. The highest BCUT2D eigenvalue weighted by molar-refractivity contribution is 7.99. The predicted molar refractivity (Wildman–Crippen MR) is 72.8 cm³/mol. The first-order valence-corrected chi connectivity index (χ1v) is 7.07. The molecule has 1 aliphatic rings. The van der Waals surface area contributed by atoms with Crippen LogP contribution in [0.15, 0.2) is 24.5 Å². The predicted octanol–water partition coefficient (Wildman–Crippen LogP) is 0.768. The Bertz CT molecular complexity index is 396. The zero-order valence-corrected chi connectivity index (χ0v) is 11.4. The van der Waals surface area contributed by atoms with Crippen molar-refractivity contribution in [2.45, 2.75) is 18.3 Å². The van der Waals surface area contributed by atoms with Crippen LogP contribution in [0.2, 0.25) is 0 Å². The first kappa shape index (κ1) is 13.3. The standard InChI is InChI=1S/C12H18N4OS/c1-3-16(13-2)12(17)10-8-18-11(15-10)9-5-4-6-14-7-9/h4-7,10-11,13,15H,3,8H2,1-2H3. The fourth-order valence-corrected chi connectivity index (χ4v) is 3.17. The molecule has 0 saturated carbocycles. The van der Waals surface area contributed by atoms with Crippen LogP contribution in [-0.4, -0.2) is 41.3 Å². The smallest absolute Gasteiger partial charge is 0.254 e. The largest absolute Gasteiger partial charge is 0.290 e. The van der Waals surface area contributed by atoms with Crippen molar-refractivity contribution in [3.8, 4) is 0 Å². The molecular weight excluding hydrogens is 248 g/mol. The number of nitrogens with zero attached hydrogens (tertiary/aromatic N) is 2. The number of pyridine rings is 1. The molecule has 1 aromatic heterocycles. The van der Waals surface area contributed by atoms with E-state index in [1.807, 2.05) is 25.3 Å². The quantitative estimate of drug-likeness (QED) is 0.788. The average molecular weight is 266 g/mol. The van der Waals surface area contributed by atoms with E-state index in [1.54, 1.807) is 30.0 Å². The molecule has 5 nitrogen and oxygen atoms in total. The van der Waals surface area contributed by atoms with E-state index in [2.05, 4.69) is 15.7 Å². The lowest BCUT2D eigenvalue weighted by Gasteiger charge is -2.23. The SMILES string of the molecule is CCN(NC)C(=O)C1CSC(c2cccnc2)N1. The minimum atomic E-state index is -0.132. The Morgan fingerprint density at radius 3 is 3.17 bits per heavy atom. The maximum Gasteiger partial charge on any atom is 0.254 e. The van der Waals surface area contributed by atoms with Gasteiger partial charge in [0.25, 0.3) is 5.91 Å². The highest BCUT2D eigenvalue weighted by atomic mass is 32.2. The molecule has 2 heterocycles. The van der Waals surface area contributed by atoms with Gasteiger partial charge in [0.2, 0.25) is 0 Å². The molecule has 18 heavy (non-hydrogen) atoms. The van der Waals surface area contributed by atoms with Gasteiger partial charge in [0.1, 0.15) is 0 Å². The lowest BCUT2D eigenvalue weighted by molar-refractivity contribution is -0.135. The van der Waals surface area contributed by atoms with Gasteiger partial charge in [-0.2, -0.15) is 0 Å². The summed E-state index contributed by atoms with van der Waals surface area (Å²) in [5.74, 6) is 0.884. The van der Waals surface area contributed by atoms with Crippen LogP contribution in [0.1, 0.15) is 17.9 Å². The molecule has 2 N–H and O–H groups in total. The highest BCUT2D eigenvalue weighted by Crippen LogP contribution is 2.32. The van der Waals surface area contributed by atoms with E-state index in [0.29, 0.717) is 6.54 Å². The second kappa shape index (κ2) is 6.17. The number of amides is 1. The van der Waals surface area contributed by atoms with E-state index in [-0.39, 0.29) is 17.3 Å². The Hall–Kier alpha value is -1.11. The van der Waals surface area contributed by atoms with Crippen LogP contribution in [-0.2, 0) is 4.79 Å². The first-order chi connectivity index (χ1) is 8.76. The number of thioether (sulfide) groups is 1. The van der Waals surface area contributed by atoms with E-state index in [9.17, 15) is 4.79 Å². The summed E-state index contributed by atoms with van der Waals surface area (Å²) in [4.78, 5) is 16.3. The zero-order valence-electron chi connectivity index (χ0n) is 10.6. The van der Waals surface area contributed by atoms with Crippen molar-refractivity contribution in [1.29, 1.82) is 0 Å². The molecule has 1 saturated heterocycles. The minimum Gasteiger partial charge on any atom is -0.290 e. The zero-order chi connectivity index (χ0) is 13.0. The Kier molecular flexibility index (Phi) is 4.57. The van der Waals surface area contributed by atoms with Crippen LogP contribution in [0, 0.1) is 0 Å². The number of likely N-dealkylation sites (N-methyl/N-ethyl adjacent to an activating group) is 1. The topological polar surface area (TPSA) is 57.3 Å². The van der Waals surface area contributed by atoms with Crippen molar-refractivity contribution in [2.24, 2.45) is 0 Å². The minimum absolute atomic E-state index is 0.0962. The molecule has 2 rings (SSSR count). The summed E-state index contributed by atoms with van der Waals surface area (Å²) in [5.41, 5.74) is 4.02. The molecule has 1 amide bonds. The highest BCUT2D eigenvalue weighted by Gasteiger charge is 2.32. The molecule has 0 bridgehead atoms. The number of carbonyl (C=O) groups excluding carboxylic acids is 1. The van der Waals surface area contributed by atoms with Gasteiger partial charge < -0.3 is 0 Å². The summed E-state index contributed by atoms with van der Waals surface area (Å²) in [5, 5.41) is 5.13. The van der Waals surface area contributed by atoms with E-state index in [1.165, 1.54) is 0 Å². The van der Waals surface area contributed by atoms with Crippen LogP contribution >= 0.6 is 11.8 Å². The number of hydrogen-bond donors (Lipinski definition) is 2. The third-order valence-electron chi connectivity index (χ3n) is 2.92. The fourth-order valence-electron chi connectivity index (χ4n) is 1.95. The maximum absolute atomic E-state index is 12.2. The summed E-state index contributed by atoms with van der Waals surface area (Å²) in [7, 11) is 1.77. The van der Waals surface area contributed by atoms with Gasteiger partial charge in [0.15, 0.2) is 0 Å². The summed E-state index contributed by atoms with van der Waals surface area (Å²) < 4.78 is 0. The summed E-state index contributed by atoms with van der Waals surface area (Å²) in [6.45, 7) is 2.62. The van der Waals surface area contributed by atoms with Gasteiger partial charge in [-0.3, -0.25) is 20.1 Å². The van der Waals surface area contributed by atoms with Crippen LogP contribution < -0.4 is 10.7 Å². The number of hydrogen-bond acceptors (Lipinski definition) is 5. The molecular formula is C12H18N4OS. The summed E-state index contributed by atoms with van der Waals surface area (Å²) in [6.07, 6.45) is 3.60. The molecule has 1 aliphatic heterocycles. The molecule has 0 radical (unpaired) electrons. The number of nitrogens with one attached hydrogen (secondary N) is 2. The second-order valence-corrected chi connectivity index (χ2v) is 5.16. The Morgan fingerprint density at radius 2 is 2.56 bits per heavy atom. The molecule has 0 aliphatic carbocycles. The third-order valence-corrected chi connectivity index (χ3v) is 4.19. The molecule has 98 valence electrons. The van der Waals surface area contributed by atoms with Crippen LogP contribution in [0.4, 0.5) is 0 Å². The second-order valence-electron chi connectivity index (χ2n) is 4.03. The monoisotopic (exact) mass is 266 g/mol. The van der Waals surface area contributed by atoms with Crippen molar-refractivity contribution < 1.29 is 4.79 Å². The van der Waals surface area contributed by atoms with Crippen LogP contribution in [0.25, 0.3) is 0 Å². The van der Waals surface area contributed by atoms with Gasteiger partial charge in [0.05, 0.1) is 11.4 Å². The van der Waals surface area contributed by atoms with Crippen molar-refractivity contribution >= 4 is 17.7 Å². The molecule has 0 aromatic carbocycles. The fraction of sp³-hybridized carbons (Fsp3) is 0.500. The summed E-state index contributed by atoms with van der Waals surface area (Å²) >= 11 is 1.74. The van der Waals surface area contributed by atoms with Gasteiger partial charge in [-0.05, 0) is 18.6 Å². The molecule has 1 fully saturated rings. The first-order valence-electron chi connectivity index (χ1n) is 6.02. The number of rotatable bonds is 4. The Balaban J connectivity index is 1.98. The Morgan fingerprint density at radius 1 is 1.72 bits per heavy atom. The van der Waals surface area contributed by atoms with Gasteiger partial charge in [-0.25, -0.2) is 5.43 Å². The van der Waals surface area contributed by atoms with Gasteiger partial charge >= 0.3 is 0 Å². The lowest BCUT2D eigenvalue weighted by atomic mass is 10.2. The molecule has 2 unspecified atom stereocenters. The van der Waals surface area contributed by atoms with Gasteiger partial charge in [0, 0.05) is 31.7 Å². The van der Waals surface area contributed by atoms with E-state index in [0.717, 1.165) is 11.3 Å². The summed E-state index contributed by atoms with van der Waals surface area (Å²) in [6, 6.07) is 3.81. The van der Waals surface area contributed by atoms with Gasteiger partial charge in [-0.1, -0.05) is 6.07 Å².